The van der Waals surface area contributed by atoms with Gasteiger partial charge in [-0.1, -0.05) is 19.4 Å². The lowest BCUT2D eigenvalue weighted by Crippen LogP contribution is -2.34. The number of benzene rings is 1. The summed E-state index contributed by atoms with van der Waals surface area (Å²) in [5, 5.41) is 7.31. The fourth-order valence-corrected chi connectivity index (χ4v) is 3.07. The zero-order valence-corrected chi connectivity index (χ0v) is 11.2. The number of nitrogens with one attached hydrogen (secondary N) is 2. The summed E-state index contributed by atoms with van der Waals surface area (Å²) in [6.45, 7) is 5.71. The van der Waals surface area contributed by atoms with Gasteiger partial charge < -0.3 is 15.5 Å². The van der Waals surface area contributed by atoms with Crippen LogP contribution in [0.4, 0.5) is 17.1 Å². The monoisotopic (exact) mass is 245 g/mol. The van der Waals surface area contributed by atoms with Gasteiger partial charge in [0.15, 0.2) is 0 Å². The normalized spacial score (nSPS) is 22.3. The van der Waals surface area contributed by atoms with Gasteiger partial charge in [0.1, 0.15) is 0 Å². The maximum absolute atomic E-state index is 3.74. The molecule has 1 unspecified atom stereocenters. The number of fused-ring (bicyclic) bond motifs is 1. The van der Waals surface area contributed by atoms with E-state index in [0.29, 0.717) is 6.04 Å². The minimum atomic E-state index is 0.575. The average Bonchev–Trinajstić information content (AvgIpc) is 2.92. The molecule has 1 atom stereocenters. The van der Waals surface area contributed by atoms with Gasteiger partial charge in [-0.15, -0.1) is 0 Å². The topological polar surface area (TPSA) is 27.3 Å². The van der Waals surface area contributed by atoms with Crippen molar-refractivity contribution in [3.8, 4) is 0 Å². The van der Waals surface area contributed by atoms with Crippen LogP contribution in [0, 0.1) is 0 Å². The quantitative estimate of drug-likeness (QED) is 0.855. The van der Waals surface area contributed by atoms with Gasteiger partial charge in [0.2, 0.25) is 0 Å². The van der Waals surface area contributed by atoms with Gasteiger partial charge in [-0.2, -0.15) is 0 Å². The Morgan fingerprint density at radius 1 is 1.28 bits per heavy atom. The van der Waals surface area contributed by atoms with Crippen molar-refractivity contribution < 1.29 is 0 Å². The third-order valence-corrected chi connectivity index (χ3v) is 4.01. The number of hydrogen-bond donors (Lipinski definition) is 2. The van der Waals surface area contributed by atoms with E-state index in [1.54, 1.807) is 0 Å². The van der Waals surface area contributed by atoms with Crippen LogP contribution in [-0.2, 0) is 0 Å². The van der Waals surface area contributed by atoms with Crippen LogP contribution in [0.3, 0.4) is 0 Å². The first-order chi connectivity index (χ1) is 8.88. The van der Waals surface area contributed by atoms with E-state index in [-0.39, 0.29) is 0 Å². The molecule has 1 aromatic carbocycles. The fraction of sp³-hybridized carbons (Fsp3) is 0.600. The van der Waals surface area contributed by atoms with E-state index < -0.39 is 0 Å². The van der Waals surface area contributed by atoms with Crippen LogP contribution in [0.5, 0.6) is 0 Å². The fourth-order valence-electron chi connectivity index (χ4n) is 3.07. The SMILES string of the molecule is CCCC1CNc2cccc(N3CCCC3)c2N1. The van der Waals surface area contributed by atoms with Gasteiger partial charge in [0, 0.05) is 25.7 Å². The molecule has 0 saturated carbocycles. The molecule has 3 nitrogen and oxygen atoms in total. The largest absolute Gasteiger partial charge is 0.381 e. The lowest BCUT2D eigenvalue weighted by atomic mass is 10.1. The molecule has 0 aromatic heterocycles. The lowest BCUT2D eigenvalue weighted by Gasteiger charge is -2.32. The summed E-state index contributed by atoms with van der Waals surface area (Å²) in [5.74, 6) is 0. The molecular formula is C15H23N3. The van der Waals surface area contributed by atoms with Crippen LogP contribution in [0.1, 0.15) is 32.6 Å². The molecule has 2 aliphatic heterocycles. The van der Waals surface area contributed by atoms with E-state index in [9.17, 15) is 0 Å². The second kappa shape index (κ2) is 5.09. The van der Waals surface area contributed by atoms with Crippen molar-refractivity contribution in [1.82, 2.24) is 0 Å². The van der Waals surface area contributed by atoms with Crippen LogP contribution in [0.2, 0.25) is 0 Å². The highest BCUT2D eigenvalue weighted by Crippen LogP contribution is 2.37. The van der Waals surface area contributed by atoms with E-state index in [4.69, 9.17) is 0 Å². The Balaban J connectivity index is 1.87. The predicted octanol–water partition coefficient (Wildman–Crippen LogP) is 3.29. The molecule has 2 N–H and O–H groups in total. The van der Waals surface area contributed by atoms with Crippen LogP contribution in [0.15, 0.2) is 18.2 Å². The van der Waals surface area contributed by atoms with Gasteiger partial charge in [0.25, 0.3) is 0 Å². The molecule has 18 heavy (non-hydrogen) atoms. The van der Waals surface area contributed by atoms with E-state index in [2.05, 4.69) is 40.7 Å². The second-order valence-corrected chi connectivity index (χ2v) is 5.40. The van der Waals surface area contributed by atoms with Crippen LogP contribution < -0.4 is 15.5 Å². The van der Waals surface area contributed by atoms with Gasteiger partial charge in [-0.3, -0.25) is 0 Å². The van der Waals surface area contributed by atoms with Crippen LogP contribution >= 0.6 is 0 Å². The summed E-state index contributed by atoms with van der Waals surface area (Å²) < 4.78 is 0. The molecular weight excluding hydrogens is 222 g/mol. The Labute approximate surface area is 110 Å². The zero-order chi connectivity index (χ0) is 12.4. The molecule has 98 valence electrons. The summed E-state index contributed by atoms with van der Waals surface area (Å²) in [6.07, 6.45) is 5.13. The van der Waals surface area contributed by atoms with Crippen molar-refractivity contribution in [3.63, 3.8) is 0 Å². The smallest absolute Gasteiger partial charge is 0.0816 e. The Hall–Kier alpha value is -1.38. The highest BCUT2D eigenvalue weighted by atomic mass is 15.2. The summed E-state index contributed by atoms with van der Waals surface area (Å²) in [7, 11) is 0. The van der Waals surface area contributed by atoms with Gasteiger partial charge in [-0.25, -0.2) is 0 Å². The summed E-state index contributed by atoms with van der Waals surface area (Å²) in [6, 6.07) is 7.18. The molecule has 0 amide bonds. The number of hydrogen-bond acceptors (Lipinski definition) is 3. The third-order valence-electron chi connectivity index (χ3n) is 4.01. The number of nitrogens with zero attached hydrogens (tertiary/aromatic N) is 1. The first-order valence-corrected chi connectivity index (χ1v) is 7.27. The summed E-state index contributed by atoms with van der Waals surface area (Å²) in [4.78, 5) is 2.52. The van der Waals surface area contributed by atoms with Gasteiger partial charge in [0.05, 0.1) is 17.1 Å². The van der Waals surface area contributed by atoms with E-state index in [1.807, 2.05) is 0 Å². The highest BCUT2D eigenvalue weighted by Gasteiger charge is 2.22. The molecule has 0 radical (unpaired) electrons. The summed E-state index contributed by atoms with van der Waals surface area (Å²) >= 11 is 0. The Morgan fingerprint density at radius 3 is 2.89 bits per heavy atom. The molecule has 0 spiro atoms. The van der Waals surface area contributed by atoms with Gasteiger partial charge in [-0.05, 0) is 31.4 Å². The van der Waals surface area contributed by atoms with Gasteiger partial charge >= 0.3 is 0 Å². The van der Waals surface area contributed by atoms with E-state index in [0.717, 1.165) is 6.54 Å². The second-order valence-electron chi connectivity index (χ2n) is 5.40. The summed E-state index contributed by atoms with van der Waals surface area (Å²) in [5.41, 5.74) is 3.98. The zero-order valence-electron chi connectivity index (χ0n) is 11.2. The molecule has 3 heteroatoms. The predicted molar refractivity (Wildman–Crippen MR) is 78.7 cm³/mol. The molecule has 2 heterocycles. The number of rotatable bonds is 3. The van der Waals surface area contributed by atoms with Crippen LogP contribution in [-0.4, -0.2) is 25.7 Å². The standard InChI is InChI=1S/C15H23N3/c1-2-6-12-11-16-13-7-5-8-14(15(13)17-12)18-9-3-4-10-18/h5,7-8,12,16-17H,2-4,6,9-11H2,1H3. The Bertz CT molecular complexity index is 410. The Kier molecular flexibility index (Phi) is 3.31. The highest BCUT2D eigenvalue weighted by molar-refractivity contribution is 5.85. The number of para-hydroxylation sites is 1. The molecule has 3 rings (SSSR count). The molecule has 1 aromatic rings. The minimum absolute atomic E-state index is 0.575. The van der Waals surface area contributed by atoms with Crippen molar-refractivity contribution >= 4 is 17.1 Å². The van der Waals surface area contributed by atoms with E-state index >= 15 is 0 Å². The maximum Gasteiger partial charge on any atom is 0.0816 e. The van der Waals surface area contributed by atoms with Crippen molar-refractivity contribution in [2.45, 2.75) is 38.6 Å². The number of anilines is 3. The van der Waals surface area contributed by atoms with Crippen LogP contribution in [0.25, 0.3) is 0 Å². The van der Waals surface area contributed by atoms with Crippen molar-refractivity contribution in [3.05, 3.63) is 18.2 Å². The average molecular weight is 245 g/mol. The molecule has 2 aliphatic rings. The minimum Gasteiger partial charge on any atom is -0.381 e. The lowest BCUT2D eigenvalue weighted by molar-refractivity contribution is 0.655. The van der Waals surface area contributed by atoms with Crippen molar-refractivity contribution in [1.29, 1.82) is 0 Å². The first kappa shape index (κ1) is 11.7. The van der Waals surface area contributed by atoms with Crippen molar-refractivity contribution in [2.75, 3.05) is 35.2 Å². The molecule has 0 aliphatic carbocycles. The third kappa shape index (κ3) is 2.14. The maximum atomic E-state index is 3.74. The van der Waals surface area contributed by atoms with Crippen molar-refractivity contribution in [2.24, 2.45) is 0 Å². The molecule has 1 fully saturated rings. The molecule has 1 saturated heterocycles. The molecule has 0 bridgehead atoms. The Morgan fingerprint density at radius 2 is 2.11 bits per heavy atom. The first-order valence-electron chi connectivity index (χ1n) is 7.27. The van der Waals surface area contributed by atoms with E-state index in [1.165, 1.54) is 55.8 Å².